The Kier molecular flexibility index (Phi) is 10.0. The normalized spacial score (nSPS) is 12.2. The number of carbonyl (C=O) groups is 2. The summed E-state index contributed by atoms with van der Waals surface area (Å²) >= 11 is 12.1. The van der Waals surface area contributed by atoms with E-state index in [2.05, 4.69) is 5.32 Å². The van der Waals surface area contributed by atoms with Crippen LogP contribution in [0.1, 0.15) is 32.3 Å². The van der Waals surface area contributed by atoms with Crippen LogP contribution in [0.2, 0.25) is 10.0 Å². The smallest absolute Gasteiger partial charge is 0.244 e. The van der Waals surface area contributed by atoms with E-state index in [1.54, 1.807) is 55.5 Å². The van der Waals surface area contributed by atoms with Crippen LogP contribution in [0.3, 0.4) is 0 Å². The van der Waals surface area contributed by atoms with Crippen LogP contribution in [0.5, 0.6) is 0 Å². The Bertz CT molecular complexity index is 1060. The van der Waals surface area contributed by atoms with Crippen molar-refractivity contribution in [3.63, 3.8) is 0 Å². The molecule has 2 aromatic carbocycles. The van der Waals surface area contributed by atoms with Crippen LogP contribution in [-0.2, 0) is 26.2 Å². The second-order valence-corrected chi connectivity index (χ2v) is 10.4. The van der Waals surface area contributed by atoms with Gasteiger partial charge in [-0.2, -0.15) is 0 Å². The second kappa shape index (κ2) is 12.3. The van der Waals surface area contributed by atoms with Gasteiger partial charge in [0.15, 0.2) is 0 Å². The number of unbranched alkanes of at least 4 members (excludes halogenated alkanes) is 1. The number of carbonyl (C=O) groups excluding carboxylic acids is 2. The summed E-state index contributed by atoms with van der Waals surface area (Å²) in [7, 11) is -3.75. The molecule has 2 aromatic rings. The average Bonchev–Trinajstić information content (AvgIpc) is 2.77. The van der Waals surface area contributed by atoms with Gasteiger partial charge in [-0.3, -0.25) is 13.9 Å². The van der Waals surface area contributed by atoms with E-state index >= 15 is 0 Å². The summed E-state index contributed by atoms with van der Waals surface area (Å²) in [6.07, 6.45) is 2.77. The van der Waals surface area contributed by atoms with Gasteiger partial charge in [0.1, 0.15) is 12.6 Å². The lowest BCUT2D eigenvalue weighted by molar-refractivity contribution is -0.139. The summed E-state index contributed by atoms with van der Waals surface area (Å²) in [5, 5.41) is 3.52. The minimum absolute atomic E-state index is 0.0600. The van der Waals surface area contributed by atoms with Crippen LogP contribution in [0.15, 0.2) is 48.5 Å². The van der Waals surface area contributed by atoms with Crippen molar-refractivity contribution in [3.8, 4) is 0 Å². The van der Waals surface area contributed by atoms with Crippen molar-refractivity contribution in [2.75, 3.05) is 23.7 Å². The summed E-state index contributed by atoms with van der Waals surface area (Å²) < 4.78 is 25.9. The molecule has 0 saturated heterocycles. The van der Waals surface area contributed by atoms with E-state index in [4.69, 9.17) is 23.2 Å². The Labute approximate surface area is 205 Å². The quantitative estimate of drug-likeness (QED) is 0.458. The minimum Gasteiger partial charge on any atom is -0.354 e. The fourth-order valence-electron chi connectivity index (χ4n) is 3.16. The van der Waals surface area contributed by atoms with Gasteiger partial charge in [0.05, 0.1) is 22.0 Å². The number of nitrogens with zero attached hydrogens (tertiary/aromatic N) is 2. The molecule has 0 fully saturated rings. The summed E-state index contributed by atoms with van der Waals surface area (Å²) in [4.78, 5) is 27.5. The first kappa shape index (κ1) is 27.0. The third-order valence-corrected chi connectivity index (χ3v) is 6.94. The van der Waals surface area contributed by atoms with Crippen LogP contribution in [-0.4, -0.2) is 50.5 Å². The van der Waals surface area contributed by atoms with Crippen molar-refractivity contribution in [1.29, 1.82) is 0 Å². The molecular formula is C23H29Cl2N3O4S. The average molecular weight is 514 g/mol. The van der Waals surface area contributed by atoms with Crippen LogP contribution in [0, 0.1) is 0 Å². The highest BCUT2D eigenvalue weighted by Crippen LogP contribution is 2.24. The number of hydrogen-bond donors (Lipinski definition) is 1. The number of nitrogens with one attached hydrogen (secondary N) is 1. The molecule has 0 radical (unpaired) electrons. The van der Waals surface area contributed by atoms with E-state index in [0.717, 1.165) is 23.4 Å². The van der Waals surface area contributed by atoms with Gasteiger partial charge in [0.25, 0.3) is 0 Å². The summed E-state index contributed by atoms with van der Waals surface area (Å²) in [5.74, 6) is -0.837. The van der Waals surface area contributed by atoms with E-state index in [1.807, 2.05) is 6.92 Å². The Balaban J connectivity index is 2.34. The van der Waals surface area contributed by atoms with E-state index < -0.39 is 28.5 Å². The number of sulfonamides is 1. The van der Waals surface area contributed by atoms with E-state index in [-0.39, 0.29) is 12.5 Å². The van der Waals surface area contributed by atoms with Crippen molar-refractivity contribution in [2.24, 2.45) is 0 Å². The molecule has 33 heavy (non-hydrogen) atoms. The molecular weight excluding hydrogens is 485 g/mol. The number of rotatable bonds is 11. The molecule has 0 unspecified atom stereocenters. The Morgan fingerprint density at radius 3 is 2.30 bits per heavy atom. The molecule has 0 spiro atoms. The summed E-state index contributed by atoms with van der Waals surface area (Å²) in [5.41, 5.74) is 1.03. The van der Waals surface area contributed by atoms with Gasteiger partial charge in [0.2, 0.25) is 21.8 Å². The molecule has 7 nitrogen and oxygen atoms in total. The Morgan fingerprint density at radius 1 is 1.06 bits per heavy atom. The van der Waals surface area contributed by atoms with Gasteiger partial charge in [-0.15, -0.1) is 0 Å². The molecule has 180 valence electrons. The Hall–Kier alpha value is -2.29. The third kappa shape index (κ3) is 7.91. The molecule has 2 amide bonds. The number of halogens is 2. The molecule has 10 heteroatoms. The summed E-state index contributed by atoms with van der Waals surface area (Å²) in [6.45, 7) is 3.73. The molecule has 1 N–H and O–H groups in total. The number of hydrogen-bond acceptors (Lipinski definition) is 4. The van der Waals surface area contributed by atoms with Gasteiger partial charge < -0.3 is 10.2 Å². The van der Waals surface area contributed by atoms with Gasteiger partial charge >= 0.3 is 0 Å². The maximum absolute atomic E-state index is 13.4. The fourth-order valence-corrected chi connectivity index (χ4v) is 4.33. The van der Waals surface area contributed by atoms with Gasteiger partial charge in [-0.1, -0.05) is 60.8 Å². The maximum Gasteiger partial charge on any atom is 0.244 e. The SMILES string of the molecule is CCCCNC(=O)[C@@H](C)N(Cc1ccc(Cl)c(Cl)c1)C(=O)CN(c1ccccc1)S(C)(=O)=O. The highest BCUT2D eigenvalue weighted by Gasteiger charge is 2.30. The van der Waals surface area contributed by atoms with Crippen molar-refractivity contribution in [2.45, 2.75) is 39.3 Å². The molecule has 0 saturated carbocycles. The van der Waals surface area contributed by atoms with Crippen LogP contribution >= 0.6 is 23.2 Å². The first-order valence-electron chi connectivity index (χ1n) is 10.6. The van der Waals surface area contributed by atoms with Crippen molar-refractivity contribution in [3.05, 3.63) is 64.1 Å². The largest absolute Gasteiger partial charge is 0.354 e. The lowest BCUT2D eigenvalue weighted by atomic mass is 10.1. The monoisotopic (exact) mass is 513 g/mol. The molecule has 0 aliphatic carbocycles. The highest BCUT2D eigenvalue weighted by atomic mass is 35.5. The lowest BCUT2D eigenvalue weighted by Crippen LogP contribution is -2.51. The zero-order valence-electron chi connectivity index (χ0n) is 18.9. The predicted molar refractivity (Wildman–Crippen MR) is 133 cm³/mol. The third-order valence-electron chi connectivity index (χ3n) is 5.06. The Morgan fingerprint density at radius 2 is 1.73 bits per heavy atom. The molecule has 0 heterocycles. The van der Waals surface area contributed by atoms with E-state index in [1.165, 1.54) is 4.90 Å². The summed E-state index contributed by atoms with van der Waals surface area (Å²) in [6, 6.07) is 12.5. The molecule has 0 aliphatic rings. The molecule has 0 aliphatic heterocycles. The minimum atomic E-state index is -3.75. The highest BCUT2D eigenvalue weighted by molar-refractivity contribution is 7.92. The fraction of sp³-hybridized carbons (Fsp3) is 0.391. The van der Waals surface area contributed by atoms with E-state index in [0.29, 0.717) is 27.8 Å². The van der Waals surface area contributed by atoms with Crippen LogP contribution in [0.25, 0.3) is 0 Å². The number of anilines is 1. The topological polar surface area (TPSA) is 86.8 Å². The van der Waals surface area contributed by atoms with Crippen molar-refractivity contribution < 1.29 is 18.0 Å². The van der Waals surface area contributed by atoms with Gasteiger partial charge in [0, 0.05) is 13.1 Å². The molecule has 2 rings (SSSR count). The van der Waals surface area contributed by atoms with Crippen molar-refractivity contribution in [1.82, 2.24) is 10.2 Å². The van der Waals surface area contributed by atoms with Gasteiger partial charge in [-0.25, -0.2) is 8.42 Å². The van der Waals surface area contributed by atoms with Crippen LogP contribution < -0.4 is 9.62 Å². The van der Waals surface area contributed by atoms with Gasteiger partial charge in [-0.05, 0) is 43.2 Å². The zero-order valence-corrected chi connectivity index (χ0v) is 21.3. The second-order valence-electron chi connectivity index (χ2n) is 7.70. The van der Waals surface area contributed by atoms with Crippen LogP contribution in [0.4, 0.5) is 5.69 Å². The number of benzene rings is 2. The standard InChI is InChI=1S/C23H29Cl2N3O4S/c1-4-5-13-26-23(30)17(2)27(15-18-11-12-20(24)21(25)14-18)22(29)16-28(33(3,31)32)19-9-7-6-8-10-19/h6-12,14,17H,4-5,13,15-16H2,1-3H3,(H,26,30)/t17-/m1/s1. The predicted octanol–water partition coefficient (Wildman–Crippen LogP) is 4.09. The first-order chi connectivity index (χ1) is 15.5. The lowest BCUT2D eigenvalue weighted by Gasteiger charge is -2.31. The maximum atomic E-state index is 13.4. The molecule has 0 aromatic heterocycles. The van der Waals surface area contributed by atoms with E-state index in [9.17, 15) is 18.0 Å². The molecule has 0 bridgehead atoms. The number of para-hydroxylation sites is 1. The van der Waals surface area contributed by atoms with Crippen molar-refractivity contribution >= 4 is 50.7 Å². The zero-order chi connectivity index (χ0) is 24.6. The first-order valence-corrected chi connectivity index (χ1v) is 13.2. The molecule has 1 atom stereocenters. The number of amides is 2.